The Morgan fingerprint density at radius 2 is 0.982 bits per heavy atom. The predicted molar refractivity (Wildman–Crippen MR) is 212 cm³/mol. The van der Waals surface area contributed by atoms with Crippen molar-refractivity contribution >= 4 is 69.7 Å². The number of benzene rings is 2. The number of hydrogen-bond donors (Lipinski definition) is 8. The zero-order chi connectivity index (χ0) is 40.2. The SMILES string of the molecule is C.CCNC(=O)c1cnc(Nc2ccc(F)cn2)cc1Nc1ccccc1C(N)=O.NC(=O)c1ccccc1Nc1cc(Nc2ccc(F)cn2)ncc1C(=O)O. The van der Waals surface area contributed by atoms with Gasteiger partial charge in [-0.2, -0.15) is 0 Å². The van der Waals surface area contributed by atoms with Crippen LogP contribution >= 0.6 is 0 Å². The number of hydrogen-bond acceptors (Lipinski definition) is 12. The molecular formula is C39H37F2N11O5. The molecule has 18 heteroatoms. The molecule has 0 aliphatic rings. The highest BCUT2D eigenvalue weighted by molar-refractivity contribution is 6.03. The fourth-order valence-electron chi connectivity index (χ4n) is 4.93. The number of carboxylic acids is 1. The first-order chi connectivity index (χ1) is 26.9. The van der Waals surface area contributed by atoms with E-state index in [-0.39, 0.29) is 47.1 Å². The van der Waals surface area contributed by atoms with Crippen molar-refractivity contribution in [1.29, 1.82) is 0 Å². The second kappa shape index (κ2) is 19.3. The fraction of sp³-hybridized carbons (Fsp3) is 0.0769. The maximum absolute atomic E-state index is 13.1. The summed E-state index contributed by atoms with van der Waals surface area (Å²) in [5.41, 5.74) is 12.8. The Balaban J connectivity index is 0.000000249. The maximum atomic E-state index is 13.1. The van der Waals surface area contributed by atoms with Crippen LogP contribution in [0, 0.1) is 11.6 Å². The summed E-state index contributed by atoms with van der Waals surface area (Å²) in [6, 6.07) is 21.5. The van der Waals surface area contributed by atoms with E-state index in [9.17, 15) is 33.1 Å². The number of nitrogens with one attached hydrogen (secondary N) is 5. The highest BCUT2D eigenvalue weighted by Gasteiger charge is 2.17. The molecule has 0 aliphatic heterocycles. The molecule has 6 aromatic rings. The monoisotopic (exact) mass is 777 g/mol. The lowest BCUT2D eigenvalue weighted by Crippen LogP contribution is -2.24. The lowest BCUT2D eigenvalue weighted by Gasteiger charge is -2.15. The molecule has 4 heterocycles. The van der Waals surface area contributed by atoms with Crippen molar-refractivity contribution in [2.75, 3.05) is 27.8 Å². The Labute approximate surface area is 324 Å². The number of aromatic nitrogens is 4. The Kier molecular flexibility index (Phi) is 14.2. The fourth-order valence-corrected chi connectivity index (χ4v) is 4.93. The van der Waals surface area contributed by atoms with E-state index in [1.165, 1.54) is 42.6 Å². The standard InChI is InChI=1S/C20H19FN6O2.C18H14FN5O3.CH4/c1-2-23-20(29)14-11-25-18(27-17-8-7-12(21)10-24-17)9-16(14)26-15-6-4-3-5-13(15)19(22)28;19-10-5-6-15(21-8-10)24-16-7-14(12(9-22-16)18(26)27)23-13-4-2-1-3-11(13)17(20)25;/h3-11H,2H2,1H3,(H2,22,28)(H,23,29)(H2,24,25,26,27);1-9H,(H2,20,25)(H,26,27)(H2,21,22,23,24);1H4. The highest BCUT2D eigenvalue weighted by atomic mass is 19.1. The third-order valence-corrected chi connectivity index (χ3v) is 7.51. The zero-order valence-corrected chi connectivity index (χ0v) is 29.4. The second-order valence-corrected chi connectivity index (χ2v) is 11.4. The number of amides is 3. The summed E-state index contributed by atoms with van der Waals surface area (Å²) in [6.45, 7) is 2.24. The minimum atomic E-state index is -1.20. The molecule has 6 rings (SSSR count). The average Bonchev–Trinajstić information content (AvgIpc) is 3.17. The van der Waals surface area contributed by atoms with Gasteiger partial charge in [0.25, 0.3) is 17.7 Å². The van der Waals surface area contributed by atoms with Crippen LogP contribution in [0.15, 0.2) is 110 Å². The van der Waals surface area contributed by atoms with Crippen LogP contribution < -0.4 is 38.1 Å². The molecule has 57 heavy (non-hydrogen) atoms. The normalized spacial score (nSPS) is 10.1. The largest absolute Gasteiger partial charge is 0.478 e. The molecule has 0 unspecified atom stereocenters. The van der Waals surface area contributed by atoms with Crippen molar-refractivity contribution in [3.8, 4) is 0 Å². The van der Waals surface area contributed by atoms with E-state index in [1.807, 2.05) is 0 Å². The number of aromatic carboxylic acids is 1. The van der Waals surface area contributed by atoms with Crippen LogP contribution in [0.25, 0.3) is 0 Å². The van der Waals surface area contributed by atoms with Crippen molar-refractivity contribution in [2.45, 2.75) is 14.4 Å². The van der Waals surface area contributed by atoms with Crippen LogP contribution in [-0.2, 0) is 0 Å². The van der Waals surface area contributed by atoms with Gasteiger partial charge in [0.05, 0.1) is 51.8 Å². The van der Waals surface area contributed by atoms with Crippen molar-refractivity contribution < 1.29 is 33.1 Å². The molecular weight excluding hydrogens is 740 g/mol. The van der Waals surface area contributed by atoms with Crippen molar-refractivity contribution in [3.63, 3.8) is 0 Å². The quantitative estimate of drug-likeness (QED) is 0.0625. The Hall–Kier alpha value is -8.02. The summed E-state index contributed by atoms with van der Waals surface area (Å²) in [5, 5.41) is 23.9. The number of carbonyl (C=O) groups excluding carboxylic acids is 3. The zero-order valence-electron chi connectivity index (χ0n) is 29.4. The van der Waals surface area contributed by atoms with Gasteiger partial charge < -0.3 is 43.2 Å². The molecule has 4 aromatic heterocycles. The van der Waals surface area contributed by atoms with Gasteiger partial charge in [-0.1, -0.05) is 31.7 Å². The van der Waals surface area contributed by atoms with Crippen molar-refractivity contribution in [3.05, 3.63) is 144 Å². The molecule has 0 fully saturated rings. The first kappa shape index (κ1) is 41.7. The summed E-state index contributed by atoms with van der Waals surface area (Å²) in [7, 11) is 0. The number of carbonyl (C=O) groups is 4. The number of nitrogens with two attached hydrogens (primary N) is 2. The van der Waals surface area contributed by atoms with Gasteiger partial charge in [-0.15, -0.1) is 0 Å². The van der Waals surface area contributed by atoms with Crippen LogP contribution in [0.2, 0.25) is 0 Å². The molecule has 3 amide bonds. The maximum Gasteiger partial charge on any atom is 0.339 e. The molecule has 0 spiro atoms. The van der Waals surface area contributed by atoms with E-state index in [1.54, 1.807) is 55.5 Å². The third kappa shape index (κ3) is 11.2. The molecule has 0 aliphatic carbocycles. The van der Waals surface area contributed by atoms with Crippen LogP contribution in [0.4, 0.5) is 54.8 Å². The molecule has 0 radical (unpaired) electrons. The lowest BCUT2D eigenvalue weighted by atomic mass is 10.1. The number of nitrogens with zero attached hydrogens (tertiary/aromatic N) is 4. The predicted octanol–water partition coefficient (Wildman–Crippen LogP) is 6.49. The van der Waals surface area contributed by atoms with E-state index in [2.05, 4.69) is 46.5 Å². The van der Waals surface area contributed by atoms with Gasteiger partial charge >= 0.3 is 5.97 Å². The molecule has 0 saturated carbocycles. The highest BCUT2D eigenvalue weighted by Crippen LogP contribution is 2.28. The number of pyridine rings is 4. The first-order valence-corrected chi connectivity index (χ1v) is 16.5. The van der Waals surface area contributed by atoms with E-state index in [4.69, 9.17) is 11.5 Å². The molecule has 10 N–H and O–H groups in total. The molecule has 0 saturated heterocycles. The molecule has 292 valence electrons. The minimum absolute atomic E-state index is 0. The van der Waals surface area contributed by atoms with E-state index >= 15 is 0 Å². The van der Waals surface area contributed by atoms with Crippen LogP contribution in [0.5, 0.6) is 0 Å². The van der Waals surface area contributed by atoms with Gasteiger partial charge in [0, 0.05) is 31.1 Å². The Morgan fingerprint density at radius 3 is 1.39 bits per heavy atom. The Bertz CT molecular complexity index is 2380. The van der Waals surface area contributed by atoms with Crippen LogP contribution in [0.1, 0.15) is 55.8 Å². The molecule has 2 aromatic carbocycles. The summed E-state index contributed by atoms with van der Waals surface area (Å²) in [4.78, 5) is 63.2. The number of para-hydroxylation sites is 2. The number of halogens is 2. The third-order valence-electron chi connectivity index (χ3n) is 7.51. The van der Waals surface area contributed by atoms with Gasteiger partial charge in [0.2, 0.25) is 0 Å². The van der Waals surface area contributed by atoms with E-state index < -0.39 is 29.4 Å². The van der Waals surface area contributed by atoms with Crippen LogP contribution in [0.3, 0.4) is 0 Å². The number of rotatable bonds is 13. The van der Waals surface area contributed by atoms with Gasteiger partial charge in [-0.25, -0.2) is 33.5 Å². The van der Waals surface area contributed by atoms with Crippen LogP contribution in [-0.4, -0.2) is 55.3 Å². The van der Waals surface area contributed by atoms with Gasteiger partial charge in [0.1, 0.15) is 40.5 Å². The lowest BCUT2D eigenvalue weighted by molar-refractivity contribution is 0.0696. The summed E-state index contributed by atoms with van der Waals surface area (Å²) in [6.07, 6.45) is 4.67. The first-order valence-electron chi connectivity index (χ1n) is 16.5. The smallest absolute Gasteiger partial charge is 0.339 e. The second-order valence-electron chi connectivity index (χ2n) is 11.4. The van der Waals surface area contributed by atoms with Crippen molar-refractivity contribution in [1.82, 2.24) is 25.3 Å². The topological polar surface area (TPSA) is 252 Å². The molecule has 16 nitrogen and oxygen atoms in total. The number of carboxylic acid groups (broad SMARTS) is 1. The summed E-state index contributed by atoms with van der Waals surface area (Å²) < 4.78 is 26.0. The Morgan fingerprint density at radius 1 is 0.561 bits per heavy atom. The average molecular weight is 778 g/mol. The minimum Gasteiger partial charge on any atom is -0.478 e. The van der Waals surface area contributed by atoms with Crippen molar-refractivity contribution in [2.24, 2.45) is 11.5 Å². The number of primary amides is 2. The number of anilines is 8. The van der Waals surface area contributed by atoms with Gasteiger partial charge in [0.15, 0.2) is 0 Å². The van der Waals surface area contributed by atoms with Gasteiger partial charge in [-0.05, 0) is 55.5 Å². The molecule has 0 atom stereocenters. The van der Waals surface area contributed by atoms with E-state index in [0.29, 0.717) is 41.1 Å². The van der Waals surface area contributed by atoms with E-state index in [0.717, 1.165) is 18.6 Å². The summed E-state index contributed by atoms with van der Waals surface area (Å²) >= 11 is 0. The van der Waals surface area contributed by atoms with Gasteiger partial charge in [-0.3, -0.25) is 14.4 Å². The summed E-state index contributed by atoms with van der Waals surface area (Å²) in [5.74, 6) is -2.37. The molecule has 0 bridgehead atoms.